The Balaban J connectivity index is 1.66. The fourth-order valence-electron chi connectivity index (χ4n) is 3.36. The Labute approximate surface area is 151 Å². The summed E-state index contributed by atoms with van der Waals surface area (Å²) in [6.07, 6.45) is 2.03. The molecular weight excluding hydrogens is 336 g/mol. The lowest BCUT2D eigenvalue weighted by Gasteiger charge is -2.29. The van der Waals surface area contributed by atoms with Crippen molar-refractivity contribution >= 4 is 23.7 Å². The number of likely N-dealkylation sites (tertiary alicyclic amines) is 1. The number of benzene rings is 1. The molecule has 7 heteroatoms. The molecule has 26 heavy (non-hydrogen) atoms. The highest BCUT2D eigenvalue weighted by Gasteiger charge is 2.42. The van der Waals surface area contributed by atoms with E-state index >= 15 is 0 Å². The minimum Gasteiger partial charge on any atom is -0.451 e. The molecule has 0 aliphatic carbocycles. The first-order valence-corrected chi connectivity index (χ1v) is 8.88. The van der Waals surface area contributed by atoms with Crippen LogP contribution in [0.4, 0.5) is 0 Å². The minimum absolute atomic E-state index is 0.243. The number of rotatable bonds is 4. The molecule has 2 aliphatic heterocycles. The molecule has 1 saturated heterocycles. The fourth-order valence-corrected chi connectivity index (χ4v) is 3.36. The van der Waals surface area contributed by atoms with Crippen molar-refractivity contribution in [3.63, 3.8) is 0 Å². The second kappa shape index (κ2) is 7.27. The Bertz CT molecular complexity index is 719. The minimum atomic E-state index is -1.10. The van der Waals surface area contributed by atoms with Crippen molar-refractivity contribution in [2.24, 2.45) is 0 Å². The molecule has 2 heterocycles. The van der Waals surface area contributed by atoms with E-state index in [9.17, 15) is 19.2 Å². The van der Waals surface area contributed by atoms with Crippen LogP contribution in [-0.2, 0) is 14.3 Å². The normalized spacial score (nSPS) is 19.2. The van der Waals surface area contributed by atoms with Crippen LogP contribution in [0.3, 0.4) is 0 Å². The second-order valence-corrected chi connectivity index (χ2v) is 6.67. The Morgan fingerprint density at radius 1 is 0.962 bits per heavy atom. The van der Waals surface area contributed by atoms with Crippen molar-refractivity contribution in [3.05, 3.63) is 35.4 Å². The maximum Gasteiger partial charge on any atom is 0.329 e. The summed E-state index contributed by atoms with van der Waals surface area (Å²) >= 11 is 0. The summed E-state index contributed by atoms with van der Waals surface area (Å²) in [5.41, 5.74) is 0.546. The molecule has 7 nitrogen and oxygen atoms in total. The van der Waals surface area contributed by atoms with Gasteiger partial charge in [0.05, 0.1) is 11.1 Å². The number of carbonyl (C=O) groups excluding carboxylic acids is 4. The van der Waals surface area contributed by atoms with Crippen molar-refractivity contribution in [1.29, 1.82) is 0 Å². The first-order chi connectivity index (χ1) is 12.4. The third-order valence-electron chi connectivity index (χ3n) is 4.86. The summed E-state index contributed by atoms with van der Waals surface area (Å²) in [6.45, 7) is 4.27. The third-order valence-corrected chi connectivity index (χ3v) is 4.86. The predicted octanol–water partition coefficient (Wildman–Crippen LogP) is 1.62. The van der Waals surface area contributed by atoms with Crippen LogP contribution in [0.2, 0.25) is 0 Å². The molecule has 138 valence electrons. The first kappa shape index (κ1) is 18.1. The van der Waals surface area contributed by atoms with Crippen LogP contribution in [0.1, 0.15) is 53.8 Å². The number of piperidine rings is 1. The van der Waals surface area contributed by atoms with Crippen LogP contribution in [0.15, 0.2) is 24.3 Å². The Hall–Kier alpha value is -2.70. The molecule has 2 atom stereocenters. The van der Waals surface area contributed by atoms with E-state index in [-0.39, 0.29) is 17.0 Å². The molecule has 0 bridgehead atoms. The van der Waals surface area contributed by atoms with E-state index < -0.39 is 29.9 Å². The van der Waals surface area contributed by atoms with Crippen molar-refractivity contribution < 1.29 is 23.9 Å². The van der Waals surface area contributed by atoms with Crippen molar-refractivity contribution in [1.82, 2.24) is 9.80 Å². The van der Waals surface area contributed by atoms with Gasteiger partial charge < -0.3 is 9.64 Å². The molecule has 1 fully saturated rings. The number of hydrogen-bond donors (Lipinski definition) is 0. The number of esters is 1. The van der Waals surface area contributed by atoms with Crippen molar-refractivity contribution in [2.45, 2.75) is 45.3 Å². The number of carbonyl (C=O) groups is 4. The van der Waals surface area contributed by atoms with Crippen LogP contribution in [0, 0.1) is 0 Å². The standard InChI is InChI=1S/C19H22N2O5/c1-12(21-17(23)14-8-4-5-9-15(14)18(21)24)19(25)26-13(2)16(22)20-10-6-3-7-11-20/h4-5,8-9,12-13H,3,6-7,10-11H2,1-2H3/t12-,13-/m0/s1. The van der Waals surface area contributed by atoms with E-state index in [2.05, 4.69) is 0 Å². The third kappa shape index (κ3) is 3.21. The summed E-state index contributed by atoms with van der Waals surface area (Å²) in [7, 11) is 0. The largest absolute Gasteiger partial charge is 0.451 e. The van der Waals surface area contributed by atoms with E-state index in [1.54, 1.807) is 29.2 Å². The number of ether oxygens (including phenoxy) is 1. The lowest BCUT2D eigenvalue weighted by molar-refractivity contribution is -0.162. The Morgan fingerprint density at radius 2 is 1.50 bits per heavy atom. The van der Waals surface area contributed by atoms with Gasteiger partial charge in [-0.05, 0) is 45.2 Å². The van der Waals surface area contributed by atoms with E-state index in [4.69, 9.17) is 4.74 Å². The molecular formula is C19H22N2O5. The first-order valence-electron chi connectivity index (χ1n) is 8.88. The molecule has 0 aromatic heterocycles. The van der Waals surface area contributed by atoms with Gasteiger partial charge in [-0.3, -0.25) is 19.3 Å². The van der Waals surface area contributed by atoms with Gasteiger partial charge in [-0.15, -0.1) is 0 Å². The molecule has 1 aromatic rings. The highest BCUT2D eigenvalue weighted by molar-refractivity contribution is 6.22. The zero-order valence-electron chi connectivity index (χ0n) is 14.9. The van der Waals surface area contributed by atoms with Gasteiger partial charge in [0.2, 0.25) is 0 Å². The quantitative estimate of drug-likeness (QED) is 0.603. The molecule has 0 N–H and O–H groups in total. The number of fused-ring (bicyclic) bond motifs is 1. The van der Waals surface area contributed by atoms with Gasteiger partial charge in [0.25, 0.3) is 17.7 Å². The van der Waals surface area contributed by atoms with Gasteiger partial charge >= 0.3 is 5.97 Å². The number of amides is 3. The summed E-state index contributed by atoms with van der Waals surface area (Å²) in [5.74, 6) is -2.06. The molecule has 0 radical (unpaired) electrons. The number of hydrogen-bond acceptors (Lipinski definition) is 5. The summed E-state index contributed by atoms with van der Waals surface area (Å²) in [5, 5.41) is 0. The molecule has 0 saturated carbocycles. The van der Waals surface area contributed by atoms with Crippen LogP contribution in [-0.4, -0.2) is 58.7 Å². The molecule has 3 amide bonds. The lowest BCUT2D eigenvalue weighted by Crippen LogP contribution is -2.47. The molecule has 1 aromatic carbocycles. The topological polar surface area (TPSA) is 84.0 Å². The van der Waals surface area contributed by atoms with E-state index in [0.717, 1.165) is 24.2 Å². The molecule has 2 aliphatic rings. The van der Waals surface area contributed by atoms with Crippen LogP contribution in [0.5, 0.6) is 0 Å². The van der Waals surface area contributed by atoms with Gasteiger partial charge in [0.1, 0.15) is 6.04 Å². The zero-order chi connectivity index (χ0) is 18.8. The van der Waals surface area contributed by atoms with Crippen LogP contribution < -0.4 is 0 Å². The summed E-state index contributed by atoms with van der Waals surface area (Å²) in [4.78, 5) is 52.3. The molecule has 3 rings (SSSR count). The lowest BCUT2D eigenvalue weighted by atomic mass is 10.1. The van der Waals surface area contributed by atoms with E-state index in [1.807, 2.05) is 0 Å². The van der Waals surface area contributed by atoms with Gasteiger partial charge in [-0.25, -0.2) is 4.79 Å². The van der Waals surface area contributed by atoms with Crippen LogP contribution >= 0.6 is 0 Å². The smallest absolute Gasteiger partial charge is 0.329 e. The SMILES string of the molecule is C[C@H](OC(=O)[C@H](C)N1C(=O)c2ccccc2C1=O)C(=O)N1CCCCC1. The van der Waals surface area contributed by atoms with Crippen LogP contribution in [0.25, 0.3) is 0 Å². The summed E-state index contributed by atoms with van der Waals surface area (Å²) < 4.78 is 5.26. The maximum absolute atomic E-state index is 12.4. The van der Waals surface area contributed by atoms with Gasteiger partial charge in [0.15, 0.2) is 6.10 Å². The number of imide groups is 1. The average Bonchev–Trinajstić information content (AvgIpc) is 2.92. The van der Waals surface area contributed by atoms with Crippen molar-refractivity contribution in [2.75, 3.05) is 13.1 Å². The highest BCUT2D eigenvalue weighted by Crippen LogP contribution is 2.25. The van der Waals surface area contributed by atoms with E-state index in [1.165, 1.54) is 13.8 Å². The predicted molar refractivity (Wildman–Crippen MR) is 92.4 cm³/mol. The fraction of sp³-hybridized carbons (Fsp3) is 0.474. The Kier molecular flexibility index (Phi) is 5.06. The summed E-state index contributed by atoms with van der Waals surface area (Å²) in [6, 6.07) is 5.33. The molecule has 0 spiro atoms. The van der Waals surface area contributed by atoms with Crippen molar-refractivity contribution in [3.8, 4) is 0 Å². The van der Waals surface area contributed by atoms with E-state index in [0.29, 0.717) is 13.1 Å². The highest BCUT2D eigenvalue weighted by atomic mass is 16.5. The monoisotopic (exact) mass is 358 g/mol. The van der Waals surface area contributed by atoms with Gasteiger partial charge in [-0.2, -0.15) is 0 Å². The molecule has 0 unspecified atom stereocenters. The Morgan fingerprint density at radius 3 is 2.04 bits per heavy atom. The van der Waals surface area contributed by atoms with Gasteiger partial charge in [-0.1, -0.05) is 12.1 Å². The second-order valence-electron chi connectivity index (χ2n) is 6.67. The average molecular weight is 358 g/mol. The maximum atomic E-state index is 12.4. The van der Waals surface area contributed by atoms with Gasteiger partial charge in [0, 0.05) is 13.1 Å². The zero-order valence-corrected chi connectivity index (χ0v) is 14.9. The number of nitrogens with zero attached hydrogens (tertiary/aromatic N) is 2.